The van der Waals surface area contributed by atoms with Crippen LogP contribution in [0.3, 0.4) is 0 Å². The number of nitrogens with zero attached hydrogens (tertiary/aromatic N) is 3. The molecule has 2 fully saturated rings. The number of furan rings is 1. The molecule has 7 nitrogen and oxygen atoms in total. The first-order chi connectivity index (χ1) is 19.8. The molecule has 2 aliphatic heterocycles. The summed E-state index contributed by atoms with van der Waals surface area (Å²) in [6.45, 7) is 6.52. The van der Waals surface area contributed by atoms with Gasteiger partial charge in [-0.3, -0.25) is 4.98 Å². The van der Waals surface area contributed by atoms with Gasteiger partial charge in [-0.1, -0.05) is 49.7 Å². The summed E-state index contributed by atoms with van der Waals surface area (Å²) < 4.78 is 6.40. The zero-order valence-electron chi connectivity index (χ0n) is 22.8. The van der Waals surface area contributed by atoms with Crippen LogP contribution in [0.5, 0.6) is 0 Å². The van der Waals surface area contributed by atoms with Gasteiger partial charge in [0.15, 0.2) is 5.11 Å². The molecule has 4 aromatic rings. The molecule has 41 heavy (non-hydrogen) atoms. The van der Waals surface area contributed by atoms with E-state index in [4.69, 9.17) is 28.2 Å². The molecule has 0 aliphatic carbocycles. The molecule has 9 heteroatoms. The summed E-state index contributed by atoms with van der Waals surface area (Å²) in [5, 5.41) is 14.4. The molecule has 2 aromatic heterocycles. The molecule has 2 aromatic carbocycles. The quantitative estimate of drug-likeness (QED) is 0.227. The molecule has 2 N–H and O–H groups in total. The lowest BCUT2D eigenvalue weighted by molar-refractivity contribution is 0.0697. The summed E-state index contributed by atoms with van der Waals surface area (Å²) in [6, 6.07) is 21.7. The van der Waals surface area contributed by atoms with E-state index in [1.54, 1.807) is 36.5 Å². The van der Waals surface area contributed by atoms with Gasteiger partial charge in [-0.25, -0.2) is 4.79 Å². The van der Waals surface area contributed by atoms with E-state index in [9.17, 15) is 9.90 Å². The van der Waals surface area contributed by atoms with Gasteiger partial charge < -0.3 is 24.6 Å². The number of pyridine rings is 1. The summed E-state index contributed by atoms with van der Waals surface area (Å²) in [7, 11) is 0. The highest BCUT2D eigenvalue weighted by Gasteiger charge is 2.43. The maximum atomic E-state index is 11.9. The number of carbonyl (C=O) groups is 1. The fraction of sp³-hybridized carbons (Fsp3) is 0.281. The van der Waals surface area contributed by atoms with Crippen molar-refractivity contribution in [1.29, 1.82) is 0 Å². The van der Waals surface area contributed by atoms with Crippen molar-refractivity contribution in [3.05, 3.63) is 101 Å². The number of piperidine rings is 1. The number of carboxylic acids is 1. The minimum atomic E-state index is -1.01. The minimum absolute atomic E-state index is 0.176. The number of hydrogen-bond acceptors (Lipinski definition) is 5. The van der Waals surface area contributed by atoms with Gasteiger partial charge >= 0.3 is 5.97 Å². The lowest BCUT2D eigenvalue weighted by atomic mass is 9.91. The topological polar surface area (TPSA) is 81.8 Å². The van der Waals surface area contributed by atoms with Crippen LogP contribution < -0.4 is 15.1 Å². The van der Waals surface area contributed by atoms with E-state index in [0.29, 0.717) is 39.1 Å². The van der Waals surface area contributed by atoms with Gasteiger partial charge in [-0.15, -0.1) is 0 Å². The second-order valence-electron chi connectivity index (χ2n) is 11.0. The first kappa shape index (κ1) is 27.3. The molecule has 2 saturated heterocycles. The van der Waals surface area contributed by atoms with Crippen molar-refractivity contribution in [1.82, 2.24) is 10.3 Å². The van der Waals surface area contributed by atoms with E-state index in [0.717, 1.165) is 30.2 Å². The number of nitrogens with one attached hydrogen (secondary N) is 1. The Labute approximate surface area is 249 Å². The van der Waals surface area contributed by atoms with Gasteiger partial charge in [0, 0.05) is 30.5 Å². The van der Waals surface area contributed by atoms with Gasteiger partial charge in [0.2, 0.25) is 0 Å². The average molecular weight is 587 g/mol. The van der Waals surface area contributed by atoms with Crippen molar-refractivity contribution in [3.8, 4) is 11.3 Å². The number of anilines is 2. The van der Waals surface area contributed by atoms with E-state index in [-0.39, 0.29) is 17.6 Å². The molecule has 0 amide bonds. The van der Waals surface area contributed by atoms with Gasteiger partial charge in [-0.05, 0) is 79.0 Å². The van der Waals surface area contributed by atoms with Crippen LogP contribution in [0.15, 0.2) is 83.4 Å². The fourth-order valence-electron chi connectivity index (χ4n) is 6.22. The zero-order chi connectivity index (χ0) is 28.7. The highest BCUT2D eigenvalue weighted by Crippen LogP contribution is 2.45. The fourth-order valence-corrected chi connectivity index (χ4v) is 6.86. The van der Waals surface area contributed by atoms with Gasteiger partial charge in [0.25, 0.3) is 0 Å². The second-order valence-corrected chi connectivity index (χ2v) is 11.8. The molecule has 0 spiro atoms. The summed E-state index contributed by atoms with van der Waals surface area (Å²) in [4.78, 5) is 20.9. The lowest BCUT2D eigenvalue weighted by Gasteiger charge is -2.37. The van der Waals surface area contributed by atoms with E-state index < -0.39 is 5.97 Å². The number of rotatable bonds is 6. The van der Waals surface area contributed by atoms with Crippen molar-refractivity contribution in [3.63, 3.8) is 0 Å². The predicted molar refractivity (Wildman–Crippen MR) is 166 cm³/mol. The van der Waals surface area contributed by atoms with Crippen molar-refractivity contribution < 1.29 is 14.3 Å². The molecule has 4 heterocycles. The third-order valence-electron chi connectivity index (χ3n) is 7.86. The van der Waals surface area contributed by atoms with Crippen molar-refractivity contribution >= 4 is 46.3 Å². The summed E-state index contributed by atoms with van der Waals surface area (Å²) in [6.07, 6.45) is 2.97. The number of carboxylic acid groups (broad SMARTS) is 1. The van der Waals surface area contributed by atoms with Crippen molar-refractivity contribution in [2.45, 2.75) is 32.4 Å². The largest absolute Gasteiger partial charge is 0.478 e. The van der Waals surface area contributed by atoms with Gasteiger partial charge in [0.1, 0.15) is 17.6 Å². The number of aromatic nitrogens is 1. The molecule has 0 unspecified atom stereocenters. The Morgan fingerprint density at radius 2 is 1.80 bits per heavy atom. The van der Waals surface area contributed by atoms with Gasteiger partial charge in [-0.2, -0.15) is 0 Å². The number of thiocarbonyl (C=S) groups is 1. The van der Waals surface area contributed by atoms with E-state index >= 15 is 0 Å². The third-order valence-corrected chi connectivity index (χ3v) is 8.48. The second kappa shape index (κ2) is 11.2. The van der Waals surface area contributed by atoms with Crippen LogP contribution in [-0.2, 0) is 0 Å². The van der Waals surface area contributed by atoms with Crippen LogP contribution >= 0.6 is 23.8 Å². The first-order valence-corrected chi connectivity index (χ1v) is 14.6. The van der Waals surface area contributed by atoms with Crippen LogP contribution in [0, 0.1) is 11.8 Å². The highest BCUT2D eigenvalue weighted by atomic mass is 35.5. The van der Waals surface area contributed by atoms with Crippen LogP contribution in [0.25, 0.3) is 11.3 Å². The maximum absolute atomic E-state index is 11.9. The van der Waals surface area contributed by atoms with Crippen LogP contribution in [0.1, 0.15) is 54.2 Å². The van der Waals surface area contributed by atoms with Crippen LogP contribution in [0.4, 0.5) is 11.4 Å². The Balaban J connectivity index is 1.40. The molecule has 210 valence electrons. The van der Waals surface area contributed by atoms with E-state index in [2.05, 4.69) is 41.2 Å². The molecule has 4 atom stereocenters. The Bertz CT molecular complexity index is 1580. The molecule has 2 aliphatic rings. The molecule has 0 saturated carbocycles. The summed E-state index contributed by atoms with van der Waals surface area (Å²) in [5.41, 5.74) is 3.36. The van der Waals surface area contributed by atoms with Gasteiger partial charge in [0.05, 0.1) is 28.0 Å². The van der Waals surface area contributed by atoms with Crippen LogP contribution in [-0.4, -0.2) is 34.3 Å². The molecular weight excluding hydrogens is 556 g/mol. The Kier molecular flexibility index (Phi) is 7.45. The average Bonchev–Trinajstić information content (AvgIpc) is 3.57. The number of hydrogen-bond donors (Lipinski definition) is 2. The van der Waals surface area contributed by atoms with E-state index in [1.165, 1.54) is 6.42 Å². The Morgan fingerprint density at radius 3 is 2.51 bits per heavy atom. The smallest absolute Gasteiger partial charge is 0.336 e. The molecular formula is C32H31ClN4O3S. The number of halogens is 1. The minimum Gasteiger partial charge on any atom is -0.478 e. The summed E-state index contributed by atoms with van der Waals surface area (Å²) >= 11 is 12.8. The third kappa shape index (κ3) is 5.29. The monoisotopic (exact) mass is 586 g/mol. The van der Waals surface area contributed by atoms with Crippen molar-refractivity contribution in [2.24, 2.45) is 11.8 Å². The molecule has 0 radical (unpaired) electrons. The Morgan fingerprint density at radius 1 is 1.05 bits per heavy atom. The number of benzene rings is 2. The Hall–Kier alpha value is -3.88. The predicted octanol–water partition coefficient (Wildman–Crippen LogP) is 7.35. The highest BCUT2D eigenvalue weighted by molar-refractivity contribution is 7.80. The SMILES string of the molecule is C[C@@H]1C[C@H](C)CN(c2ccc(N3C(=S)N[C@H](c4ccccn4)[C@H]3c3ccc(-c4ccccc4C(=O)O)o3)cc2Cl)C1. The first-order valence-electron chi connectivity index (χ1n) is 13.8. The van der Waals surface area contributed by atoms with Crippen LogP contribution in [0.2, 0.25) is 5.02 Å². The summed E-state index contributed by atoms with van der Waals surface area (Å²) in [5.74, 6) is 1.29. The van der Waals surface area contributed by atoms with E-state index in [1.807, 2.05) is 35.2 Å². The maximum Gasteiger partial charge on any atom is 0.336 e. The standard InChI is InChI=1S/C32H31ClN4O3S/c1-19-15-20(2)18-36(17-19)26-11-10-21(16-24(26)33)37-30(29(35-32(37)41)25-9-5-6-14-34-25)28-13-12-27(40-28)22-7-3-4-8-23(22)31(38)39/h3-14,16,19-20,29-30H,15,17-18H2,1-2H3,(H,35,41)(H,38,39)/t19-,20+,29-,30-/m1/s1. The van der Waals surface area contributed by atoms with Crippen molar-refractivity contribution in [2.75, 3.05) is 22.9 Å². The molecule has 0 bridgehead atoms. The lowest BCUT2D eigenvalue weighted by Crippen LogP contribution is -2.38. The normalized spacial score (nSPS) is 22.6. The zero-order valence-corrected chi connectivity index (χ0v) is 24.4. The number of aromatic carboxylic acids is 1. The molecule has 6 rings (SSSR count).